The van der Waals surface area contributed by atoms with Crippen LogP contribution in [0.1, 0.15) is 21.5 Å². The fourth-order valence-electron chi connectivity index (χ4n) is 3.07. The van der Waals surface area contributed by atoms with Gasteiger partial charge in [0.25, 0.3) is 5.91 Å². The molecule has 1 aliphatic rings. The van der Waals surface area contributed by atoms with Crippen molar-refractivity contribution < 1.29 is 27.9 Å². The van der Waals surface area contributed by atoms with E-state index in [9.17, 15) is 13.2 Å². The SMILES string of the molecule is COc1ccc(S(=O)(=O)N2CCc3ccc(C(=O)NO)cc3C2)cc1OC. The van der Waals surface area contributed by atoms with Crippen molar-refractivity contribution in [3.8, 4) is 11.5 Å². The summed E-state index contributed by atoms with van der Waals surface area (Å²) in [4.78, 5) is 11.7. The first kappa shape index (κ1) is 19.2. The van der Waals surface area contributed by atoms with Crippen LogP contribution in [0, 0.1) is 0 Å². The number of carbonyl (C=O) groups excluding carboxylic acids is 1. The van der Waals surface area contributed by atoms with Crippen molar-refractivity contribution >= 4 is 15.9 Å². The zero-order valence-corrected chi connectivity index (χ0v) is 15.7. The lowest BCUT2D eigenvalue weighted by atomic mass is 9.98. The molecule has 0 saturated heterocycles. The summed E-state index contributed by atoms with van der Waals surface area (Å²) in [6.07, 6.45) is 0.531. The third-order valence-corrected chi connectivity index (χ3v) is 6.38. The smallest absolute Gasteiger partial charge is 0.274 e. The lowest BCUT2D eigenvalue weighted by Crippen LogP contribution is -2.36. The van der Waals surface area contributed by atoms with Gasteiger partial charge in [0.05, 0.1) is 19.1 Å². The fraction of sp³-hybridized carbons (Fsp3) is 0.278. The molecule has 0 spiro atoms. The Morgan fingerprint density at radius 2 is 1.81 bits per heavy atom. The molecule has 1 aliphatic heterocycles. The van der Waals surface area contributed by atoms with Gasteiger partial charge in [0.15, 0.2) is 11.5 Å². The Hall–Kier alpha value is -2.62. The van der Waals surface area contributed by atoms with Gasteiger partial charge in [-0.15, -0.1) is 0 Å². The summed E-state index contributed by atoms with van der Waals surface area (Å²) in [5.74, 6) is 0.135. The summed E-state index contributed by atoms with van der Waals surface area (Å²) in [7, 11) is -0.830. The Labute approximate surface area is 157 Å². The molecule has 0 fully saturated rings. The van der Waals surface area contributed by atoms with Crippen molar-refractivity contribution in [1.29, 1.82) is 0 Å². The molecule has 9 heteroatoms. The lowest BCUT2D eigenvalue weighted by Gasteiger charge is -2.28. The first-order valence-corrected chi connectivity index (χ1v) is 9.63. The number of benzene rings is 2. The molecule has 0 aliphatic carbocycles. The van der Waals surface area contributed by atoms with E-state index in [-0.39, 0.29) is 17.0 Å². The van der Waals surface area contributed by atoms with Crippen LogP contribution in [0.25, 0.3) is 0 Å². The number of fused-ring (bicyclic) bond motifs is 1. The van der Waals surface area contributed by atoms with Gasteiger partial charge in [-0.05, 0) is 41.8 Å². The van der Waals surface area contributed by atoms with Crippen LogP contribution in [0.5, 0.6) is 11.5 Å². The molecule has 0 aromatic heterocycles. The fourth-order valence-corrected chi connectivity index (χ4v) is 4.50. The van der Waals surface area contributed by atoms with Crippen LogP contribution in [0.2, 0.25) is 0 Å². The van der Waals surface area contributed by atoms with E-state index in [1.807, 2.05) is 0 Å². The van der Waals surface area contributed by atoms with Crippen LogP contribution in [0.4, 0.5) is 0 Å². The van der Waals surface area contributed by atoms with Crippen LogP contribution in [0.15, 0.2) is 41.3 Å². The van der Waals surface area contributed by atoms with Crippen molar-refractivity contribution in [1.82, 2.24) is 9.79 Å². The van der Waals surface area contributed by atoms with E-state index < -0.39 is 15.9 Å². The monoisotopic (exact) mass is 392 g/mol. The highest BCUT2D eigenvalue weighted by molar-refractivity contribution is 7.89. The number of rotatable bonds is 5. The molecule has 27 heavy (non-hydrogen) atoms. The van der Waals surface area contributed by atoms with Crippen molar-refractivity contribution in [2.75, 3.05) is 20.8 Å². The molecule has 0 saturated carbocycles. The molecule has 2 N–H and O–H groups in total. The molecule has 0 unspecified atom stereocenters. The molecule has 3 rings (SSSR count). The Kier molecular flexibility index (Phi) is 5.36. The van der Waals surface area contributed by atoms with Gasteiger partial charge < -0.3 is 9.47 Å². The summed E-state index contributed by atoms with van der Waals surface area (Å²) in [5.41, 5.74) is 3.55. The molecule has 2 aromatic carbocycles. The van der Waals surface area contributed by atoms with Crippen molar-refractivity contribution in [2.45, 2.75) is 17.9 Å². The molecule has 0 bridgehead atoms. The maximum atomic E-state index is 13.1. The second kappa shape index (κ2) is 7.55. The average molecular weight is 392 g/mol. The highest BCUT2D eigenvalue weighted by atomic mass is 32.2. The summed E-state index contributed by atoms with van der Waals surface area (Å²) < 4.78 is 37.8. The van der Waals surface area contributed by atoms with Gasteiger partial charge in [-0.2, -0.15) is 4.31 Å². The summed E-state index contributed by atoms with van der Waals surface area (Å²) >= 11 is 0. The Balaban J connectivity index is 1.92. The molecule has 0 atom stereocenters. The first-order chi connectivity index (χ1) is 12.9. The van der Waals surface area contributed by atoms with Crippen molar-refractivity contribution in [2.24, 2.45) is 0 Å². The molecular weight excluding hydrogens is 372 g/mol. The van der Waals surface area contributed by atoms with Gasteiger partial charge in [-0.1, -0.05) is 6.07 Å². The largest absolute Gasteiger partial charge is 0.493 e. The second-order valence-electron chi connectivity index (χ2n) is 6.03. The summed E-state index contributed by atoms with van der Waals surface area (Å²) in [6, 6.07) is 9.43. The summed E-state index contributed by atoms with van der Waals surface area (Å²) in [6.45, 7) is 0.466. The number of nitrogens with zero attached hydrogens (tertiary/aromatic N) is 1. The summed E-state index contributed by atoms with van der Waals surface area (Å²) in [5, 5.41) is 8.79. The molecule has 0 radical (unpaired) electrons. The third-order valence-electron chi connectivity index (χ3n) is 4.54. The minimum absolute atomic E-state index is 0.104. The number of methoxy groups -OCH3 is 2. The maximum Gasteiger partial charge on any atom is 0.274 e. The molecular formula is C18H20N2O6S. The second-order valence-corrected chi connectivity index (χ2v) is 7.97. The number of nitrogens with one attached hydrogen (secondary N) is 1. The van der Waals surface area contributed by atoms with E-state index in [0.717, 1.165) is 11.1 Å². The predicted octanol–water partition coefficient (Wildman–Crippen LogP) is 1.57. The Morgan fingerprint density at radius 3 is 2.48 bits per heavy atom. The number of hydrogen-bond acceptors (Lipinski definition) is 6. The zero-order chi connectivity index (χ0) is 19.6. The van der Waals surface area contributed by atoms with E-state index >= 15 is 0 Å². The number of carbonyl (C=O) groups is 1. The van der Waals surface area contributed by atoms with Crippen LogP contribution in [-0.2, 0) is 23.0 Å². The highest BCUT2D eigenvalue weighted by Crippen LogP contribution is 2.32. The van der Waals surface area contributed by atoms with Crippen LogP contribution >= 0.6 is 0 Å². The molecule has 1 amide bonds. The van der Waals surface area contributed by atoms with Crippen LogP contribution in [0.3, 0.4) is 0 Å². The highest BCUT2D eigenvalue weighted by Gasteiger charge is 2.29. The van der Waals surface area contributed by atoms with E-state index in [1.54, 1.807) is 29.7 Å². The minimum atomic E-state index is -3.75. The van der Waals surface area contributed by atoms with E-state index in [4.69, 9.17) is 14.7 Å². The number of amides is 1. The number of sulfonamides is 1. The minimum Gasteiger partial charge on any atom is -0.493 e. The number of ether oxygens (including phenoxy) is 2. The quantitative estimate of drug-likeness (QED) is 0.591. The molecule has 8 nitrogen and oxygen atoms in total. The maximum absolute atomic E-state index is 13.1. The zero-order valence-electron chi connectivity index (χ0n) is 14.9. The van der Waals surface area contributed by atoms with Crippen molar-refractivity contribution in [3.05, 3.63) is 53.1 Å². The van der Waals surface area contributed by atoms with Crippen LogP contribution in [-0.4, -0.2) is 44.6 Å². The van der Waals surface area contributed by atoms with Gasteiger partial charge in [-0.3, -0.25) is 10.0 Å². The Bertz CT molecular complexity index is 974. The third kappa shape index (κ3) is 3.61. The first-order valence-electron chi connectivity index (χ1n) is 8.19. The van der Waals surface area contributed by atoms with Crippen LogP contribution < -0.4 is 15.0 Å². The Morgan fingerprint density at radius 1 is 1.07 bits per heavy atom. The van der Waals surface area contributed by atoms with E-state index in [0.29, 0.717) is 24.5 Å². The average Bonchev–Trinajstić information content (AvgIpc) is 2.71. The van der Waals surface area contributed by atoms with Gasteiger partial charge >= 0.3 is 0 Å². The number of hydrogen-bond donors (Lipinski definition) is 2. The molecule has 1 heterocycles. The lowest BCUT2D eigenvalue weighted by molar-refractivity contribution is 0.0706. The number of hydroxylamine groups is 1. The standard InChI is InChI=1S/C18H20N2O6S/c1-25-16-6-5-15(10-17(16)26-2)27(23,24)20-8-7-12-3-4-13(18(21)19-22)9-14(12)11-20/h3-6,9-10,22H,7-8,11H2,1-2H3,(H,19,21). The molecule has 144 valence electrons. The van der Waals surface area contributed by atoms with E-state index in [1.165, 1.54) is 30.7 Å². The predicted molar refractivity (Wildman–Crippen MR) is 96.5 cm³/mol. The van der Waals surface area contributed by atoms with Crippen molar-refractivity contribution in [3.63, 3.8) is 0 Å². The normalized spacial score (nSPS) is 14.3. The van der Waals surface area contributed by atoms with Gasteiger partial charge in [-0.25, -0.2) is 13.9 Å². The van der Waals surface area contributed by atoms with E-state index in [2.05, 4.69) is 0 Å². The van der Waals surface area contributed by atoms with Gasteiger partial charge in [0, 0.05) is 24.7 Å². The van der Waals surface area contributed by atoms with Gasteiger partial charge in [0.2, 0.25) is 10.0 Å². The topological polar surface area (TPSA) is 105 Å². The van der Waals surface area contributed by atoms with Gasteiger partial charge in [0.1, 0.15) is 0 Å². The molecule has 2 aromatic rings.